The Balaban J connectivity index is 4.54. The highest BCUT2D eigenvalue weighted by Crippen LogP contribution is 2.28. The van der Waals surface area contributed by atoms with E-state index in [0.29, 0.717) is 31.4 Å². The van der Waals surface area contributed by atoms with Crippen molar-refractivity contribution in [2.45, 2.75) is 279 Å². The van der Waals surface area contributed by atoms with Crippen molar-refractivity contribution in [2.75, 3.05) is 61.7 Å². The number of likely N-dealkylation sites (N-methyl/N-ethyl adjacent to an activating group) is 7. The fourth-order valence-corrected chi connectivity index (χ4v) is 13.5. The molecule has 548 valence electrons. The van der Waals surface area contributed by atoms with E-state index in [9.17, 15) is 34.2 Å². The second-order valence-electron chi connectivity index (χ2n) is 29.2. The van der Waals surface area contributed by atoms with E-state index in [0.717, 1.165) is 48.8 Å². The van der Waals surface area contributed by atoms with Gasteiger partial charge in [-0.05, 0) is 112 Å². The van der Waals surface area contributed by atoms with Crippen LogP contribution in [0.5, 0.6) is 0 Å². The molecule has 1 aliphatic heterocycles. The molecule has 1 rings (SSSR count). The Morgan fingerprint density at radius 1 is 0.411 bits per heavy atom. The van der Waals surface area contributed by atoms with E-state index in [-0.39, 0.29) is 62.4 Å². The Hall–Kier alpha value is -5.56. The average molecular weight is 1360 g/mol. The molecule has 0 aromatic rings. The smallest absolute Gasteiger partial charge is 0.256 e. The van der Waals surface area contributed by atoms with E-state index in [1.807, 2.05) is 55.4 Å². The second kappa shape index (κ2) is 42.3. The van der Waals surface area contributed by atoms with Crippen LogP contribution >= 0.6 is 11.8 Å². The number of unbranched alkanes of at least 4 members (excludes halogenated alkanes) is 6. The zero-order chi connectivity index (χ0) is 73.2. The predicted octanol–water partition coefficient (Wildman–Crippen LogP) is 5.89. The quantitative estimate of drug-likeness (QED) is 0.0582. The van der Waals surface area contributed by atoms with Crippen LogP contribution < -0.4 is 21.3 Å². The summed E-state index contributed by atoms with van der Waals surface area (Å²) in [7, 11) is 10.1. The topological polar surface area (TPSA) is 299 Å². The number of hydrogen-bond donors (Lipinski definition) is 6. The minimum absolute atomic E-state index is 0.00178. The first-order chi connectivity index (χ1) is 44.2. The minimum atomic E-state index is -1.61. The predicted molar refractivity (Wildman–Crippen MR) is 375 cm³/mol. The van der Waals surface area contributed by atoms with Gasteiger partial charge in [-0.15, -0.1) is 11.8 Å². The number of aliphatic hydroxyl groups excluding tert-OH is 2. The number of thioether (sulfide) groups is 1. The van der Waals surface area contributed by atoms with Crippen LogP contribution in [0.3, 0.4) is 0 Å². The zero-order valence-electron chi connectivity index (χ0n) is 62.7. The number of rotatable bonds is 25. The Kier molecular flexibility index (Phi) is 38.9. The lowest BCUT2D eigenvalue weighted by Gasteiger charge is -2.41. The van der Waals surface area contributed by atoms with Gasteiger partial charge < -0.3 is 65.8 Å². The summed E-state index contributed by atoms with van der Waals surface area (Å²) in [6, 6.07) is -12.5. The van der Waals surface area contributed by atoms with Crippen LogP contribution in [0.25, 0.3) is 0 Å². The van der Waals surface area contributed by atoms with Crippen molar-refractivity contribution in [3.63, 3.8) is 0 Å². The summed E-state index contributed by atoms with van der Waals surface area (Å²) >= 11 is 1.15. The van der Waals surface area contributed by atoms with Crippen molar-refractivity contribution < 1.29 is 63.0 Å². The van der Waals surface area contributed by atoms with E-state index in [2.05, 4.69) is 28.2 Å². The molecule has 0 aromatic heterocycles. The number of aliphatic hydroxyl groups is 2. The Morgan fingerprint density at radius 3 is 1.32 bits per heavy atom. The van der Waals surface area contributed by atoms with Gasteiger partial charge >= 0.3 is 0 Å². The average Bonchev–Trinajstić information content (AvgIpc) is 0.811. The molecular formula is C70H129N11O13S. The molecule has 1 fully saturated rings. The van der Waals surface area contributed by atoms with Gasteiger partial charge in [-0.25, -0.2) is 0 Å². The van der Waals surface area contributed by atoms with E-state index in [1.54, 1.807) is 41.5 Å². The van der Waals surface area contributed by atoms with Crippen molar-refractivity contribution in [1.29, 1.82) is 0 Å². The monoisotopic (exact) mass is 1360 g/mol. The highest BCUT2D eigenvalue weighted by Gasteiger charge is 2.46. The van der Waals surface area contributed by atoms with Crippen LogP contribution in [0.2, 0.25) is 0 Å². The van der Waals surface area contributed by atoms with Gasteiger partial charge in [0.2, 0.25) is 59.1 Å². The third kappa shape index (κ3) is 26.3. The molecule has 1 aliphatic rings. The van der Waals surface area contributed by atoms with Crippen molar-refractivity contribution in [3.8, 4) is 0 Å². The SMILES string of the molecule is CCCCCCC[C@@H](C)[C@@H](O)[C@H]1C(=O)N[C@@H](CC)C(=O)N(C)[C@H](SCCCCCO)C(=O)N(C)[C@@H](CC(C)C)C(=O)N[C@@H](C(C)C)C(=O)N(C)[C@@H](CC(C)C)C(=O)N[C@@H](C)C(=O)N[C@H](C)C(=O)N(C)[C@@H](CC(C)C)C(=O)N(C)[C@@H](CC(C)C)C(=O)N(C)[C@@H](C(C)C)C(=O)N1C. The summed E-state index contributed by atoms with van der Waals surface area (Å²) in [6.07, 6.45) is 5.87. The van der Waals surface area contributed by atoms with Crippen LogP contribution in [-0.4, -0.2) is 243 Å². The normalized spacial score (nSPS) is 26.0. The lowest BCUT2D eigenvalue weighted by molar-refractivity contribution is -0.157. The zero-order valence-corrected chi connectivity index (χ0v) is 63.5. The molecule has 13 atom stereocenters. The van der Waals surface area contributed by atoms with Crippen molar-refractivity contribution in [1.82, 2.24) is 55.6 Å². The van der Waals surface area contributed by atoms with E-state index < -0.39 is 155 Å². The third-order valence-electron chi connectivity index (χ3n) is 18.3. The van der Waals surface area contributed by atoms with E-state index in [1.165, 1.54) is 92.6 Å². The summed E-state index contributed by atoms with van der Waals surface area (Å²) in [5.41, 5.74) is 0. The van der Waals surface area contributed by atoms with Gasteiger partial charge in [-0.2, -0.15) is 0 Å². The molecule has 0 spiro atoms. The molecule has 1 heterocycles. The molecule has 0 radical (unpaired) electrons. The first-order valence-electron chi connectivity index (χ1n) is 35.2. The summed E-state index contributed by atoms with van der Waals surface area (Å²) in [6.45, 7) is 30.4. The molecule has 25 heteroatoms. The maximum absolute atomic E-state index is 15.5. The number of hydrogen-bond acceptors (Lipinski definition) is 14. The molecule has 95 heavy (non-hydrogen) atoms. The van der Waals surface area contributed by atoms with Crippen molar-refractivity contribution in [2.24, 2.45) is 41.4 Å². The number of carbonyl (C=O) groups is 11. The van der Waals surface area contributed by atoms with Crippen LogP contribution in [0, 0.1) is 41.4 Å². The van der Waals surface area contributed by atoms with E-state index >= 15 is 28.8 Å². The fraction of sp³-hybridized carbons (Fsp3) is 0.843. The van der Waals surface area contributed by atoms with Crippen LogP contribution in [0.1, 0.15) is 208 Å². The molecule has 24 nitrogen and oxygen atoms in total. The molecule has 0 unspecified atom stereocenters. The largest absolute Gasteiger partial charge is 0.396 e. The van der Waals surface area contributed by atoms with Gasteiger partial charge in [0.15, 0.2) is 5.37 Å². The lowest BCUT2D eigenvalue weighted by atomic mass is 9.90. The second-order valence-corrected chi connectivity index (χ2v) is 30.4. The minimum Gasteiger partial charge on any atom is -0.396 e. The highest BCUT2D eigenvalue weighted by atomic mass is 32.2. The third-order valence-corrected chi connectivity index (χ3v) is 19.6. The first kappa shape index (κ1) is 87.5. The Morgan fingerprint density at radius 2 is 0.842 bits per heavy atom. The molecule has 11 amide bonds. The first-order valence-corrected chi connectivity index (χ1v) is 36.2. The maximum Gasteiger partial charge on any atom is 0.256 e. The van der Waals surface area contributed by atoms with Gasteiger partial charge in [-0.3, -0.25) is 52.7 Å². The van der Waals surface area contributed by atoms with E-state index in [4.69, 9.17) is 0 Å². The fourth-order valence-electron chi connectivity index (χ4n) is 12.2. The van der Waals surface area contributed by atoms with Crippen LogP contribution in [-0.2, 0) is 52.7 Å². The summed E-state index contributed by atoms with van der Waals surface area (Å²) in [5, 5.41) is 32.0. The van der Waals surface area contributed by atoms with Gasteiger partial charge in [0.05, 0.1) is 6.10 Å². The summed E-state index contributed by atoms with van der Waals surface area (Å²) in [4.78, 5) is 173. The summed E-state index contributed by atoms with van der Waals surface area (Å²) in [5.74, 6) is -9.39. The number of nitrogens with one attached hydrogen (secondary N) is 4. The number of amides is 11. The van der Waals surface area contributed by atoms with Crippen molar-refractivity contribution in [3.05, 3.63) is 0 Å². The standard InChI is InChI=1S/C70H129N11O13S/c1-25-27-28-29-31-34-47(15)58(83)57-62(87)73-50(26-2)64(89)81(24)70(95-36-33-30-32-35-82)69(94)76(19)52(38-42(5)6)61(86)74-55(45(11)12)67(92)75(18)51(37-41(3)4)60(85)71-48(16)59(84)72-49(17)63(88)77(20)53(39-43(7)8)65(90)78(21)54(40-44(9)10)66(91)79(22)56(46(13)14)68(93)80(57)23/h41-58,70,82-83H,25-40H2,1-24H3,(H,71,85)(H,72,84)(H,73,87)(H,74,86)/t47-,48+,49-,50+,51+,52+,53+,54+,55+,56+,57+,58-,70-/m1/s1. The Labute approximate surface area is 575 Å². The molecule has 1 saturated heterocycles. The molecule has 0 aromatic carbocycles. The van der Waals surface area contributed by atoms with Crippen LogP contribution in [0.4, 0.5) is 0 Å². The van der Waals surface area contributed by atoms with Gasteiger partial charge in [-0.1, -0.05) is 142 Å². The van der Waals surface area contributed by atoms with Crippen molar-refractivity contribution >= 4 is 76.7 Å². The molecule has 0 saturated carbocycles. The van der Waals surface area contributed by atoms with Gasteiger partial charge in [0.1, 0.15) is 60.4 Å². The van der Waals surface area contributed by atoms with Crippen LogP contribution in [0.15, 0.2) is 0 Å². The lowest BCUT2D eigenvalue weighted by Crippen LogP contribution is -2.64. The van der Waals surface area contributed by atoms with Gasteiger partial charge in [0, 0.05) is 55.9 Å². The molecule has 0 bridgehead atoms. The number of carbonyl (C=O) groups excluding carboxylic acids is 11. The maximum atomic E-state index is 15.5. The van der Waals surface area contributed by atoms with Gasteiger partial charge in [0.25, 0.3) is 5.91 Å². The molecule has 6 N–H and O–H groups in total. The number of nitrogens with zero attached hydrogens (tertiary/aromatic N) is 7. The molecule has 0 aliphatic carbocycles. The Bertz CT molecular complexity index is 2480. The molecular weight excluding hydrogens is 1230 g/mol. The summed E-state index contributed by atoms with van der Waals surface area (Å²) < 4.78 is 0. The highest BCUT2D eigenvalue weighted by molar-refractivity contribution is 8.00.